The first-order valence-corrected chi connectivity index (χ1v) is 11.2. The second-order valence-electron chi connectivity index (χ2n) is 7.67. The minimum Gasteiger partial charge on any atom is -0.297 e. The molecule has 0 amide bonds. The molecule has 1 aromatic carbocycles. The molecule has 0 spiro atoms. The van der Waals surface area contributed by atoms with Gasteiger partial charge in [0.05, 0.1) is 10.6 Å². The maximum absolute atomic E-state index is 4.94. The minimum absolute atomic E-state index is 0.934. The quantitative estimate of drug-likeness (QED) is 0.470. The third-order valence-electron chi connectivity index (χ3n) is 5.58. The van der Waals surface area contributed by atoms with Crippen LogP contribution in [-0.4, -0.2) is 50.7 Å². The molecular formula is C24H25N5S. The Morgan fingerprint density at radius 3 is 2.23 bits per heavy atom. The molecule has 6 heteroatoms. The molecule has 0 unspecified atom stereocenters. The summed E-state index contributed by atoms with van der Waals surface area (Å²) in [5.74, 6) is 0. The number of piperazine rings is 1. The smallest absolute Gasteiger partial charge is 0.107 e. The Bertz CT molecular complexity index is 1050. The highest BCUT2D eigenvalue weighted by molar-refractivity contribution is 7.13. The van der Waals surface area contributed by atoms with Crippen LogP contribution < -0.4 is 0 Å². The highest BCUT2D eigenvalue weighted by Crippen LogP contribution is 2.29. The van der Waals surface area contributed by atoms with Gasteiger partial charge in [0, 0.05) is 63.4 Å². The lowest BCUT2D eigenvalue weighted by molar-refractivity contribution is 0.122. The van der Waals surface area contributed by atoms with Crippen molar-refractivity contribution in [2.45, 2.75) is 13.1 Å². The zero-order chi connectivity index (χ0) is 20.2. The van der Waals surface area contributed by atoms with Gasteiger partial charge in [0.25, 0.3) is 0 Å². The van der Waals surface area contributed by atoms with Gasteiger partial charge in [0.15, 0.2) is 0 Å². The van der Waals surface area contributed by atoms with E-state index >= 15 is 0 Å². The fourth-order valence-electron chi connectivity index (χ4n) is 3.95. The molecule has 0 radical (unpaired) electrons. The van der Waals surface area contributed by atoms with Crippen molar-refractivity contribution in [1.82, 2.24) is 24.6 Å². The number of hydrogen-bond donors (Lipinski definition) is 0. The van der Waals surface area contributed by atoms with Gasteiger partial charge < -0.3 is 0 Å². The Morgan fingerprint density at radius 1 is 0.800 bits per heavy atom. The van der Waals surface area contributed by atoms with Crippen molar-refractivity contribution < 1.29 is 0 Å². The van der Waals surface area contributed by atoms with E-state index < -0.39 is 0 Å². The van der Waals surface area contributed by atoms with Crippen molar-refractivity contribution in [3.63, 3.8) is 0 Å². The zero-order valence-electron chi connectivity index (χ0n) is 16.9. The zero-order valence-corrected chi connectivity index (χ0v) is 17.7. The largest absolute Gasteiger partial charge is 0.297 e. The normalized spacial score (nSPS) is 15.5. The molecule has 1 aliphatic rings. The second-order valence-corrected chi connectivity index (χ2v) is 8.62. The first-order valence-electron chi connectivity index (χ1n) is 10.4. The van der Waals surface area contributed by atoms with Crippen LogP contribution in [0.3, 0.4) is 0 Å². The number of aromatic nitrogens is 3. The predicted molar refractivity (Wildman–Crippen MR) is 122 cm³/mol. The Hall–Kier alpha value is -2.80. The monoisotopic (exact) mass is 415 g/mol. The van der Waals surface area contributed by atoms with Gasteiger partial charge in [0.2, 0.25) is 0 Å². The Kier molecular flexibility index (Phi) is 5.70. The first-order chi connectivity index (χ1) is 14.8. The van der Waals surface area contributed by atoms with Crippen molar-refractivity contribution in [3.8, 4) is 16.3 Å². The molecule has 0 saturated carbocycles. The molecule has 1 saturated heterocycles. The standard InChI is InChI=1S/C24H25N5S/c1-2-5-22(6-3-1)29-19-21(24(26-29)23-7-4-16-30-23)18-28-14-12-27(13-15-28)17-20-8-10-25-11-9-20/h1-11,16,19H,12-15,17-18H2. The lowest BCUT2D eigenvalue weighted by Crippen LogP contribution is -2.45. The second kappa shape index (κ2) is 8.92. The van der Waals surface area contributed by atoms with Crippen molar-refractivity contribution >= 4 is 11.3 Å². The van der Waals surface area contributed by atoms with E-state index in [9.17, 15) is 0 Å². The molecule has 5 nitrogen and oxygen atoms in total. The fraction of sp³-hybridized carbons (Fsp3) is 0.250. The Labute approximate surface area is 181 Å². The number of para-hydroxylation sites is 1. The summed E-state index contributed by atoms with van der Waals surface area (Å²) in [5, 5.41) is 7.07. The molecule has 0 atom stereocenters. The summed E-state index contributed by atoms with van der Waals surface area (Å²) in [7, 11) is 0. The van der Waals surface area contributed by atoms with Crippen molar-refractivity contribution in [2.75, 3.05) is 26.2 Å². The summed E-state index contributed by atoms with van der Waals surface area (Å²) >= 11 is 1.75. The molecule has 0 N–H and O–H groups in total. The molecular weight excluding hydrogens is 390 g/mol. The van der Waals surface area contributed by atoms with E-state index in [2.05, 4.69) is 74.9 Å². The first kappa shape index (κ1) is 19.2. The molecule has 152 valence electrons. The average Bonchev–Trinajstić information content (AvgIpc) is 3.47. The van der Waals surface area contributed by atoms with E-state index in [0.29, 0.717) is 0 Å². The van der Waals surface area contributed by atoms with E-state index in [4.69, 9.17) is 5.10 Å². The lowest BCUT2D eigenvalue weighted by atomic mass is 10.2. The summed E-state index contributed by atoms with van der Waals surface area (Å²) in [6, 6.07) is 18.9. The molecule has 5 rings (SSSR count). The molecule has 30 heavy (non-hydrogen) atoms. The third kappa shape index (κ3) is 4.36. The Balaban J connectivity index is 1.29. The number of thiophene rings is 1. The van der Waals surface area contributed by atoms with Gasteiger partial charge in [-0.15, -0.1) is 11.3 Å². The SMILES string of the molecule is c1ccc(-n2cc(CN3CCN(Cc4ccncc4)CC3)c(-c3cccs3)n2)cc1. The molecule has 0 bridgehead atoms. The molecule has 1 fully saturated rings. The lowest BCUT2D eigenvalue weighted by Gasteiger charge is -2.34. The molecule has 3 aromatic heterocycles. The molecule has 0 aliphatic carbocycles. The average molecular weight is 416 g/mol. The topological polar surface area (TPSA) is 37.2 Å². The van der Waals surface area contributed by atoms with Crippen molar-refractivity contribution in [2.24, 2.45) is 0 Å². The van der Waals surface area contributed by atoms with Gasteiger partial charge in [-0.3, -0.25) is 14.8 Å². The van der Waals surface area contributed by atoms with Crippen LogP contribution in [0.25, 0.3) is 16.3 Å². The molecule has 4 heterocycles. The minimum atomic E-state index is 0.934. The third-order valence-corrected chi connectivity index (χ3v) is 6.46. The van der Waals surface area contributed by atoms with Crippen LogP contribution >= 0.6 is 11.3 Å². The number of nitrogens with zero attached hydrogens (tertiary/aromatic N) is 5. The summed E-state index contributed by atoms with van der Waals surface area (Å²) < 4.78 is 2.02. The van der Waals surface area contributed by atoms with E-state index in [1.54, 1.807) is 11.3 Å². The van der Waals surface area contributed by atoms with Crippen LogP contribution in [0.15, 0.2) is 78.6 Å². The fourth-order valence-corrected chi connectivity index (χ4v) is 4.70. The number of hydrogen-bond acceptors (Lipinski definition) is 5. The maximum Gasteiger partial charge on any atom is 0.107 e. The van der Waals surface area contributed by atoms with Gasteiger partial charge in [-0.1, -0.05) is 24.3 Å². The van der Waals surface area contributed by atoms with Crippen LogP contribution in [0.5, 0.6) is 0 Å². The number of pyridine rings is 1. The predicted octanol–water partition coefficient (Wildman–Crippen LogP) is 4.31. The van der Waals surface area contributed by atoms with Crippen LogP contribution in [0, 0.1) is 0 Å². The van der Waals surface area contributed by atoms with E-state index in [1.165, 1.54) is 16.0 Å². The summed E-state index contributed by atoms with van der Waals surface area (Å²) in [6.45, 7) is 6.26. The van der Waals surface area contributed by atoms with Gasteiger partial charge >= 0.3 is 0 Å². The van der Waals surface area contributed by atoms with Crippen LogP contribution in [0.1, 0.15) is 11.1 Å². The Morgan fingerprint density at radius 2 is 1.53 bits per heavy atom. The maximum atomic E-state index is 4.94. The van der Waals surface area contributed by atoms with Gasteiger partial charge in [0.1, 0.15) is 5.69 Å². The van der Waals surface area contributed by atoms with Gasteiger partial charge in [-0.05, 0) is 41.3 Å². The van der Waals surface area contributed by atoms with Gasteiger partial charge in [-0.25, -0.2) is 4.68 Å². The van der Waals surface area contributed by atoms with E-state index in [-0.39, 0.29) is 0 Å². The highest BCUT2D eigenvalue weighted by Gasteiger charge is 2.20. The number of rotatable bonds is 6. The van der Waals surface area contributed by atoms with Gasteiger partial charge in [-0.2, -0.15) is 5.10 Å². The van der Waals surface area contributed by atoms with E-state index in [0.717, 1.165) is 50.6 Å². The van der Waals surface area contributed by atoms with Crippen LogP contribution in [0.2, 0.25) is 0 Å². The van der Waals surface area contributed by atoms with Crippen LogP contribution in [0.4, 0.5) is 0 Å². The molecule has 4 aromatic rings. The summed E-state index contributed by atoms with van der Waals surface area (Å²) in [4.78, 5) is 10.4. The van der Waals surface area contributed by atoms with E-state index in [1.807, 2.05) is 23.1 Å². The summed E-state index contributed by atoms with van der Waals surface area (Å²) in [5.41, 5.74) is 4.84. The van der Waals surface area contributed by atoms with Crippen LogP contribution in [-0.2, 0) is 13.1 Å². The number of benzene rings is 1. The highest BCUT2D eigenvalue weighted by atomic mass is 32.1. The van der Waals surface area contributed by atoms with Crippen molar-refractivity contribution in [3.05, 3.63) is 89.7 Å². The summed E-state index contributed by atoms with van der Waals surface area (Å²) in [6.07, 6.45) is 5.96. The van der Waals surface area contributed by atoms with Crippen molar-refractivity contribution in [1.29, 1.82) is 0 Å². The molecule has 1 aliphatic heterocycles.